The Hall–Kier alpha value is -0.380. The van der Waals surface area contributed by atoms with Crippen LogP contribution in [0.5, 0.6) is 0 Å². The van der Waals surface area contributed by atoms with E-state index in [4.69, 9.17) is 5.73 Å². The lowest BCUT2D eigenvalue weighted by Crippen LogP contribution is -2.37. The fraction of sp³-hybridized carbons (Fsp3) is 0.571. The van der Waals surface area contributed by atoms with Gasteiger partial charge in [0.25, 0.3) is 0 Å². The highest BCUT2D eigenvalue weighted by molar-refractivity contribution is 9.10. The van der Waals surface area contributed by atoms with Crippen LogP contribution < -0.4 is 5.73 Å². The number of benzene rings is 1. The Bertz CT molecular complexity index is 350. The number of halogens is 1. The third-order valence-electron chi connectivity index (χ3n) is 3.78. The molecule has 1 aromatic rings. The van der Waals surface area contributed by atoms with Crippen LogP contribution in [-0.4, -0.2) is 31.6 Å². The molecule has 1 saturated heterocycles. The van der Waals surface area contributed by atoms with Gasteiger partial charge in [-0.1, -0.05) is 28.1 Å². The summed E-state index contributed by atoms with van der Waals surface area (Å²) in [5, 5.41) is 0. The maximum Gasteiger partial charge on any atom is 0.0175 e. The number of hydrogen-bond donors (Lipinski definition) is 1. The largest absolute Gasteiger partial charge is 0.330 e. The number of nitrogens with zero attached hydrogens (tertiary/aromatic N) is 1. The van der Waals surface area contributed by atoms with Crippen molar-refractivity contribution in [1.29, 1.82) is 0 Å². The van der Waals surface area contributed by atoms with Crippen LogP contribution in [0.2, 0.25) is 0 Å². The fourth-order valence-corrected chi connectivity index (χ4v) is 3.11. The third kappa shape index (κ3) is 3.30. The van der Waals surface area contributed by atoms with Gasteiger partial charge in [0.2, 0.25) is 0 Å². The zero-order valence-corrected chi connectivity index (χ0v) is 12.0. The average Bonchev–Trinajstić information content (AvgIpc) is 2.33. The molecule has 2 atom stereocenters. The van der Waals surface area contributed by atoms with E-state index in [0.717, 1.165) is 11.0 Å². The lowest BCUT2D eigenvalue weighted by Gasteiger charge is -2.35. The van der Waals surface area contributed by atoms with Crippen molar-refractivity contribution in [3.63, 3.8) is 0 Å². The van der Waals surface area contributed by atoms with Gasteiger partial charge < -0.3 is 10.6 Å². The van der Waals surface area contributed by atoms with Gasteiger partial charge in [0, 0.05) is 16.9 Å². The third-order valence-corrected chi connectivity index (χ3v) is 4.31. The Morgan fingerprint density at radius 3 is 2.71 bits per heavy atom. The summed E-state index contributed by atoms with van der Waals surface area (Å²) in [5.41, 5.74) is 7.37. The van der Waals surface area contributed by atoms with Crippen LogP contribution in [0.25, 0.3) is 0 Å². The van der Waals surface area contributed by atoms with Crippen LogP contribution in [0.3, 0.4) is 0 Å². The second-order valence-electron chi connectivity index (χ2n) is 5.06. The minimum absolute atomic E-state index is 0.505. The smallest absolute Gasteiger partial charge is 0.0175 e. The lowest BCUT2D eigenvalue weighted by atomic mass is 9.81. The lowest BCUT2D eigenvalue weighted by molar-refractivity contribution is 0.188. The summed E-state index contributed by atoms with van der Waals surface area (Å²) >= 11 is 3.48. The van der Waals surface area contributed by atoms with Gasteiger partial charge in [-0.3, -0.25) is 0 Å². The van der Waals surface area contributed by atoms with Gasteiger partial charge in [-0.2, -0.15) is 0 Å². The molecule has 0 amide bonds. The highest BCUT2D eigenvalue weighted by Gasteiger charge is 2.25. The van der Waals surface area contributed by atoms with Gasteiger partial charge in [-0.25, -0.2) is 0 Å². The van der Waals surface area contributed by atoms with E-state index in [9.17, 15) is 0 Å². The first-order chi connectivity index (χ1) is 8.20. The molecule has 0 aromatic heterocycles. The Morgan fingerprint density at radius 2 is 2.12 bits per heavy atom. The number of nitrogens with two attached hydrogens (primary N) is 1. The van der Waals surface area contributed by atoms with Gasteiger partial charge in [0.05, 0.1) is 0 Å². The summed E-state index contributed by atoms with van der Waals surface area (Å²) in [6.45, 7) is 3.16. The molecule has 3 heteroatoms. The Balaban J connectivity index is 2.12. The summed E-state index contributed by atoms with van der Waals surface area (Å²) in [7, 11) is 2.21. The Morgan fingerprint density at radius 1 is 1.41 bits per heavy atom. The van der Waals surface area contributed by atoms with E-state index in [1.165, 1.54) is 31.5 Å². The van der Waals surface area contributed by atoms with Crippen molar-refractivity contribution in [2.45, 2.75) is 18.8 Å². The van der Waals surface area contributed by atoms with Crippen molar-refractivity contribution < 1.29 is 0 Å². The van der Waals surface area contributed by atoms with Crippen LogP contribution in [0, 0.1) is 5.92 Å². The molecule has 1 aliphatic rings. The predicted molar refractivity (Wildman–Crippen MR) is 76.2 cm³/mol. The SMILES string of the molecule is CN1CCCC(C(CN)c2ccc(Br)cc2)C1. The molecule has 0 radical (unpaired) electrons. The van der Waals surface area contributed by atoms with E-state index >= 15 is 0 Å². The standard InChI is InChI=1S/C14H21BrN2/c1-17-8-2-3-12(10-17)14(9-16)11-4-6-13(15)7-5-11/h4-7,12,14H,2-3,8-10,16H2,1H3. The second kappa shape index (κ2) is 5.98. The predicted octanol–water partition coefficient (Wildman–Crippen LogP) is 2.83. The maximum atomic E-state index is 5.99. The summed E-state index contributed by atoms with van der Waals surface area (Å²) < 4.78 is 1.14. The van der Waals surface area contributed by atoms with E-state index in [1.54, 1.807) is 0 Å². The van der Waals surface area contributed by atoms with Gasteiger partial charge in [0.15, 0.2) is 0 Å². The summed E-state index contributed by atoms with van der Waals surface area (Å²) in [6, 6.07) is 8.64. The number of rotatable bonds is 3. The molecule has 2 N–H and O–H groups in total. The highest BCUT2D eigenvalue weighted by Crippen LogP contribution is 2.31. The number of likely N-dealkylation sites (tertiary alicyclic amines) is 1. The molecular weight excluding hydrogens is 276 g/mol. The first kappa shape index (κ1) is 13.1. The Kier molecular flexibility index (Phi) is 4.60. The maximum absolute atomic E-state index is 5.99. The average molecular weight is 297 g/mol. The molecule has 0 aliphatic carbocycles. The quantitative estimate of drug-likeness (QED) is 0.929. The zero-order chi connectivity index (χ0) is 12.3. The molecule has 1 aromatic carbocycles. The molecule has 17 heavy (non-hydrogen) atoms. The van der Waals surface area contributed by atoms with E-state index in [-0.39, 0.29) is 0 Å². The number of hydrogen-bond acceptors (Lipinski definition) is 2. The summed E-state index contributed by atoms with van der Waals surface area (Å²) in [6.07, 6.45) is 2.61. The summed E-state index contributed by atoms with van der Waals surface area (Å²) in [4.78, 5) is 2.43. The molecule has 1 heterocycles. The van der Waals surface area contributed by atoms with Crippen molar-refractivity contribution in [1.82, 2.24) is 4.90 Å². The fourth-order valence-electron chi connectivity index (χ4n) is 2.85. The molecule has 0 saturated carbocycles. The van der Waals surface area contributed by atoms with E-state index in [1.807, 2.05) is 0 Å². The molecular formula is C14H21BrN2. The zero-order valence-electron chi connectivity index (χ0n) is 10.4. The molecule has 2 unspecified atom stereocenters. The molecule has 94 valence electrons. The van der Waals surface area contributed by atoms with Crippen molar-refractivity contribution in [2.75, 3.05) is 26.7 Å². The van der Waals surface area contributed by atoms with Crippen LogP contribution in [0.4, 0.5) is 0 Å². The van der Waals surface area contributed by atoms with Crippen LogP contribution in [-0.2, 0) is 0 Å². The van der Waals surface area contributed by atoms with E-state index in [2.05, 4.69) is 52.1 Å². The van der Waals surface area contributed by atoms with E-state index < -0.39 is 0 Å². The van der Waals surface area contributed by atoms with Crippen molar-refractivity contribution >= 4 is 15.9 Å². The molecule has 2 rings (SSSR count). The first-order valence-electron chi connectivity index (χ1n) is 6.35. The van der Waals surface area contributed by atoms with Gasteiger partial charge in [-0.05, 0) is 56.6 Å². The topological polar surface area (TPSA) is 29.3 Å². The summed E-state index contributed by atoms with van der Waals surface area (Å²) in [5.74, 6) is 1.21. The van der Waals surface area contributed by atoms with Crippen molar-refractivity contribution in [3.05, 3.63) is 34.3 Å². The van der Waals surface area contributed by atoms with Gasteiger partial charge >= 0.3 is 0 Å². The second-order valence-corrected chi connectivity index (χ2v) is 5.97. The molecule has 0 spiro atoms. The Labute approximate surface area is 112 Å². The van der Waals surface area contributed by atoms with Crippen molar-refractivity contribution in [3.8, 4) is 0 Å². The number of piperidine rings is 1. The van der Waals surface area contributed by atoms with Gasteiger partial charge in [0.1, 0.15) is 0 Å². The van der Waals surface area contributed by atoms with E-state index in [0.29, 0.717) is 11.8 Å². The minimum atomic E-state index is 0.505. The normalized spacial score (nSPS) is 23.6. The van der Waals surface area contributed by atoms with Crippen LogP contribution >= 0.6 is 15.9 Å². The molecule has 2 nitrogen and oxygen atoms in total. The molecule has 1 fully saturated rings. The van der Waals surface area contributed by atoms with Crippen molar-refractivity contribution in [2.24, 2.45) is 11.7 Å². The van der Waals surface area contributed by atoms with Crippen LogP contribution in [0.1, 0.15) is 24.3 Å². The van der Waals surface area contributed by atoms with Gasteiger partial charge in [-0.15, -0.1) is 0 Å². The first-order valence-corrected chi connectivity index (χ1v) is 7.14. The molecule has 1 aliphatic heterocycles. The van der Waals surface area contributed by atoms with Crippen LogP contribution in [0.15, 0.2) is 28.7 Å². The molecule has 0 bridgehead atoms. The minimum Gasteiger partial charge on any atom is -0.330 e. The monoisotopic (exact) mass is 296 g/mol. The highest BCUT2D eigenvalue weighted by atomic mass is 79.9.